The minimum atomic E-state index is -0.102. The second kappa shape index (κ2) is 6.40. The number of likely N-dealkylation sites (N-methyl/N-ethyl adjacent to an activating group) is 1. The smallest absolute Gasteiger partial charge is 0.172 e. The SMILES string of the molecule is CCOC(OCC)C(C)N(C)C. The van der Waals surface area contributed by atoms with Crippen LogP contribution in [0, 0.1) is 0 Å². The summed E-state index contributed by atoms with van der Waals surface area (Å²) < 4.78 is 10.9. The van der Waals surface area contributed by atoms with E-state index in [1.54, 1.807) is 0 Å². The van der Waals surface area contributed by atoms with Crippen LogP contribution < -0.4 is 0 Å². The van der Waals surface area contributed by atoms with Crippen LogP contribution in [0.2, 0.25) is 0 Å². The summed E-state index contributed by atoms with van der Waals surface area (Å²) in [6, 6.07) is 0.296. The van der Waals surface area contributed by atoms with Crippen molar-refractivity contribution in [3.8, 4) is 0 Å². The van der Waals surface area contributed by atoms with Crippen LogP contribution in [-0.4, -0.2) is 44.5 Å². The van der Waals surface area contributed by atoms with Crippen LogP contribution in [0.1, 0.15) is 20.8 Å². The number of hydrogen-bond acceptors (Lipinski definition) is 3. The molecule has 0 aliphatic rings. The molecule has 12 heavy (non-hydrogen) atoms. The van der Waals surface area contributed by atoms with E-state index in [1.165, 1.54) is 0 Å². The summed E-state index contributed by atoms with van der Waals surface area (Å²) in [6.45, 7) is 7.45. The van der Waals surface area contributed by atoms with Crippen LogP contribution in [0.15, 0.2) is 0 Å². The van der Waals surface area contributed by atoms with Crippen molar-refractivity contribution in [2.75, 3.05) is 27.3 Å². The summed E-state index contributed by atoms with van der Waals surface area (Å²) in [5, 5.41) is 0. The lowest BCUT2D eigenvalue weighted by atomic mass is 10.3. The van der Waals surface area contributed by atoms with Crippen LogP contribution in [0.25, 0.3) is 0 Å². The number of rotatable bonds is 6. The molecule has 0 aromatic rings. The average Bonchev–Trinajstić information content (AvgIpc) is 2.03. The maximum Gasteiger partial charge on any atom is 0.172 e. The Kier molecular flexibility index (Phi) is 6.34. The molecule has 0 spiro atoms. The van der Waals surface area contributed by atoms with Crippen LogP contribution in [0.5, 0.6) is 0 Å². The first-order valence-corrected chi connectivity index (χ1v) is 4.53. The Hall–Kier alpha value is -0.120. The maximum atomic E-state index is 5.44. The predicted octanol–water partition coefficient (Wildman–Crippen LogP) is 1.34. The second-order valence-corrected chi connectivity index (χ2v) is 2.98. The molecular formula is C9H21NO2. The van der Waals surface area contributed by atoms with Gasteiger partial charge in [0.2, 0.25) is 0 Å². The molecule has 3 heteroatoms. The summed E-state index contributed by atoms with van der Waals surface area (Å²) in [6.07, 6.45) is -0.102. The minimum Gasteiger partial charge on any atom is -0.351 e. The summed E-state index contributed by atoms with van der Waals surface area (Å²) in [5.74, 6) is 0. The van der Waals surface area contributed by atoms with E-state index >= 15 is 0 Å². The molecule has 0 aliphatic heterocycles. The third-order valence-electron chi connectivity index (χ3n) is 1.87. The van der Waals surface area contributed by atoms with E-state index in [0.29, 0.717) is 19.3 Å². The van der Waals surface area contributed by atoms with Gasteiger partial charge >= 0.3 is 0 Å². The largest absolute Gasteiger partial charge is 0.351 e. The molecule has 1 unspecified atom stereocenters. The topological polar surface area (TPSA) is 21.7 Å². The van der Waals surface area contributed by atoms with Gasteiger partial charge in [-0.25, -0.2) is 0 Å². The number of hydrogen-bond donors (Lipinski definition) is 0. The zero-order valence-electron chi connectivity index (χ0n) is 8.83. The molecule has 1 atom stereocenters. The molecule has 0 aliphatic carbocycles. The van der Waals surface area contributed by atoms with Crippen molar-refractivity contribution in [1.82, 2.24) is 4.90 Å². The van der Waals surface area contributed by atoms with Crippen LogP contribution >= 0.6 is 0 Å². The lowest BCUT2D eigenvalue weighted by Gasteiger charge is -2.28. The van der Waals surface area contributed by atoms with Gasteiger partial charge in [0.15, 0.2) is 6.29 Å². The fourth-order valence-corrected chi connectivity index (χ4v) is 0.899. The highest BCUT2D eigenvalue weighted by atomic mass is 16.7. The predicted molar refractivity (Wildman–Crippen MR) is 50.2 cm³/mol. The van der Waals surface area contributed by atoms with E-state index in [1.807, 2.05) is 27.9 Å². The number of ether oxygens (including phenoxy) is 2. The highest BCUT2D eigenvalue weighted by Gasteiger charge is 2.18. The molecule has 0 N–H and O–H groups in total. The van der Waals surface area contributed by atoms with E-state index in [-0.39, 0.29) is 6.29 Å². The Morgan fingerprint density at radius 3 is 1.75 bits per heavy atom. The van der Waals surface area contributed by atoms with Crippen LogP contribution in [-0.2, 0) is 9.47 Å². The Morgan fingerprint density at radius 2 is 1.50 bits per heavy atom. The second-order valence-electron chi connectivity index (χ2n) is 2.98. The molecule has 0 saturated carbocycles. The Balaban J connectivity index is 3.89. The van der Waals surface area contributed by atoms with Gasteiger partial charge in [0.1, 0.15) is 0 Å². The third kappa shape index (κ3) is 4.04. The lowest BCUT2D eigenvalue weighted by molar-refractivity contribution is -0.165. The van der Waals surface area contributed by atoms with Crippen molar-refractivity contribution < 1.29 is 9.47 Å². The van der Waals surface area contributed by atoms with Gasteiger partial charge in [0.25, 0.3) is 0 Å². The summed E-state index contributed by atoms with van der Waals surface area (Å²) in [7, 11) is 4.05. The molecule has 0 bridgehead atoms. The van der Waals surface area contributed by atoms with E-state index in [2.05, 4.69) is 11.8 Å². The van der Waals surface area contributed by atoms with Gasteiger partial charge in [-0.3, -0.25) is 0 Å². The molecule has 0 amide bonds. The third-order valence-corrected chi connectivity index (χ3v) is 1.87. The van der Waals surface area contributed by atoms with Crippen LogP contribution in [0.4, 0.5) is 0 Å². The Labute approximate surface area is 75.6 Å². The first-order valence-electron chi connectivity index (χ1n) is 4.53. The van der Waals surface area contributed by atoms with Crippen molar-refractivity contribution in [1.29, 1.82) is 0 Å². The molecule has 0 rings (SSSR count). The van der Waals surface area contributed by atoms with Crippen molar-refractivity contribution >= 4 is 0 Å². The first kappa shape index (κ1) is 11.9. The zero-order chi connectivity index (χ0) is 9.56. The monoisotopic (exact) mass is 175 g/mol. The van der Waals surface area contributed by atoms with Gasteiger partial charge in [0.05, 0.1) is 6.04 Å². The molecule has 0 fully saturated rings. The summed E-state index contributed by atoms with van der Waals surface area (Å²) in [4.78, 5) is 2.09. The number of nitrogens with zero attached hydrogens (tertiary/aromatic N) is 1. The van der Waals surface area contributed by atoms with Crippen molar-refractivity contribution in [3.63, 3.8) is 0 Å². The normalized spacial score (nSPS) is 14.2. The molecule has 0 aromatic heterocycles. The van der Waals surface area contributed by atoms with E-state index < -0.39 is 0 Å². The molecule has 0 radical (unpaired) electrons. The van der Waals surface area contributed by atoms with E-state index in [9.17, 15) is 0 Å². The van der Waals surface area contributed by atoms with Gasteiger partial charge in [-0.15, -0.1) is 0 Å². The van der Waals surface area contributed by atoms with Crippen molar-refractivity contribution in [2.45, 2.75) is 33.1 Å². The zero-order valence-corrected chi connectivity index (χ0v) is 8.83. The van der Waals surface area contributed by atoms with Gasteiger partial charge < -0.3 is 14.4 Å². The molecule has 0 aromatic carbocycles. The van der Waals surface area contributed by atoms with Gasteiger partial charge in [-0.1, -0.05) is 0 Å². The Morgan fingerprint density at radius 1 is 1.08 bits per heavy atom. The van der Waals surface area contributed by atoms with Crippen LogP contribution in [0.3, 0.4) is 0 Å². The standard InChI is InChI=1S/C9H21NO2/c1-6-11-9(12-7-2)8(3)10(4)5/h8-9H,6-7H2,1-5H3. The Bertz CT molecular complexity index is 101. The fourth-order valence-electron chi connectivity index (χ4n) is 0.899. The average molecular weight is 175 g/mol. The summed E-state index contributed by atoms with van der Waals surface area (Å²) >= 11 is 0. The molecule has 3 nitrogen and oxygen atoms in total. The van der Waals surface area contributed by atoms with Gasteiger partial charge in [-0.2, -0.15) is 0 Å². The van der Waals surface area contributed by atoms with E-state index in [0.717, 1.165) is 0 Å². The van der Waals surface area contributed by atoms with Crippen molar-refractivity contribution in [3.05, 3.63) is 0 Å². The fraction of sp³-hybridized carbons (Fsp3) is 1.00. The minimum absolute atomic E-state index is 0.102. The molecule has 0 saturated heterocycles. The quantitative estimate of drug-likeness (QED) is 0.569. The lowest BCUT2D eigenvalue weighted by Crippen LogP contribution is -2.40. The van der Waals surface area contributed by atoms with Gasteiger partial charge in [-0.05, 0) is 34.9 Å². The van der Waals surface area contributed by atoms with E-state index in [4.69, 9.17) is 9.47 Å². The summed E-state index contributed by atoms with van der Waals surface area (Å²) in [5.41, 5.74) is 0. The highest BCUT2D eigenvalue weighted by Crippen LogP contribution is 2.05. The molecule has 74 valence electrons. The van der Waals surface area contributed by atoms with Gasteiger partial charge in [0, 0.05) is 13.2 Å². The molecule has 0 heterocycles. The first-order chi connectivity index (χ1) is 5.63. The molecular weight excluding hydrogens is 154 g/mol. The maximum absolute atomic E-state index is 5.44. The highest BCUT2D eigenvalue weighted by molar-refractivity contribution is 4.63. The van der Waals surface area contributed by atoms with Crippen molar-refractivity contribution in [2.24, 2.45) is 0 Å².